The van der Waals surface area contributed by atoms with Crippen molar-refractivity contribution in [2.45, 2.75) is 45.1 Å². The Bertz CT molecular complexity index is 553. The maximum Gasteiger partial charge on any atom is 0.372 e. The summed E-state index contributed by atoms with van der Waals surface area (Å²) in [5, 5.41) is 14.5. The fraction of sp³-hybridized carbons (Fsp3) is 0.714. The van der Waals surface area contributed by atoms with Gasteiger partial charge in [0.05, 0.1) is 11.5 Å². The van der Waals surface area contributed by atoms with Crippen LogP contribution in [0.15, 0.2) is 0 Å². The zero-order chi connectivity index (χ0) is 16.3. The monoisotopic (exact) mass is 310 g/mol. The van der Waals surface area contributed by atoms with E-state index in [4.69, 9.17) is 9.47 Å². The van der Waals surface area contributed by atoms with E-state index in [1.54, 1.807) is 7.11 Å². The molecular formula is C14H22N4O4. The molecule has 122 valence electrons. The second-order valence-electron chi connectivity index (χ2n) is 6.32. The molecule has 0 aliphatic heterocycles. The van der Waals surface area contributed by atoms with Crippen molar-refractivity contribution in [3.05, 3.63) is 15.9 Å². The molecule has 2 rings (SSSR count). The van der Waals surface area contributed by atoms with E-state index in [-0.39, 0.29) is 35.4 Å². The van der Waals surface area contributed by atoms with Crippen LogP contribution in [-0.4, -0.2) is 41.3 Å². The molecule has 1 aromatic rings. The molecule has 1 aromatic heterocycles. The average molecular weight is 310 g/mol. The van der Waals surface area contributed by atoms with E-state index < -0.39 is 4.92 Å². The Morgan fingerprint density at radius 2 is 2.00 bits per heavy atom. The minimum absolute atomic E-state index is 0.00914. The molecular weight excluding hydrogens is 288 g/mol. The zero-order valence-corrected chi connectivity index (χ0v) is 13.4. The summed E-state index contributed by atoms with van der Waals surface area (Å²) in [5.74, 6) is 0.735. The van der Waals surface area contributed by atoms with Crippen molar-refractivity contribution >= 4 is 11.5 Å². The fourth-order valence-corrected chi connectivity index (χ4v) is 1.78. The number of nitrogens with zero attached hydrogens (tertiary/aromatic N) is 3. The molecule has 0 saturated heterocycles. The van der Waals surface area contributed by atoms with Gasteiger partial charge in [0.2, 0.25) is 5.82 Å². The van der Waals surface area contributed by atoms with Gasteiger partial charge in [-0.15, -0.1) is 0 Å². The van der Waals surface area contributed by atoms with E-state index in [2.05, 4.69) is 15.3 Å². The normalized spacial score (nSPS) is 14.7. The number of hydrogen-bond acceptors (Lipinski definition) is 7. The van der Waals surface area contributed by atoms with Gasteiger partial charge in [0, 0.05) is 18.6 Å². The molecule has 1 saturated carbocycles. The van der Waals surface area contributed by atoms with E-state index >= 15 is 0 Å². The molecule has 8 nitrogen and oxygen atoms in total. The predicted molar refractivity (Wildman–Crippen MR) is 81.4 cm³/mol. The van der Waals surface area contributed by atoms with Gasteiger partial charge < -0.3 is 14.8 Å². The van der Waals surface area contributed by atoms with Crippen LogP contribution in [0.5, 0.6) is 5.88 Å². The van der Waals surface area contributed by atoms with Crippen LogP contribution < -0.4 is 10.1 Å². The number of rotatable bonds is 7. The predicted octanol–water partition coefficient (Wildman–Crippen LogP) is 2.28. The molecule has 1 fully saturated rings. The number of nitro groups is 1. The summed E-state index contributed by atoms with van der Waals surface area (Å²) in [5.41, 5.74) is -0.551. The summed E-state index contributed by atoms with van der Waals surface area (Å²) >= 11 is 0. The van der Waals surface area contributed by atoms with Gasteiger partial charge in [-0.1, -0.05) is 20.8 Å². The van der Waals surface area contributed by atoms with Crippen molar-refractivity contribution in [3.8, 4) is 5.88 Å². The topological polar surface area (TPSA) is 99.4 Å². The maximum atomic E-state index is 11.4. The first kappa shape index (κ1) is 16.4. The lowest BCUT2D eigenvalue weighted by molar-refractivity contribution is -0.385. The maximum absolute atomic E-state index is 11.4. The van der Waals surface area contributed by atoms with Crippen LogP contribution in [0.4, 0.5) is 11.5 Å². The van der Waals surface area contributed by atoms with Gasteiger partial charge >= 0.3 is 5.69 Å². The Morgan fingerprint density at radius 1 is 1.32 bits per heavy atom. The quantitative estimate of drug-likeness (QED) is 0.468. The van der Waals surface area contributed by atoms with Crippen LogP contribution in [0.2, 0.25) is 0 Å². The smallest absolute Gasteiger partial charge is 0.372 e. The van der Waals surface area contributed by atoms with Crippen LogP contribution in [-0.2, 0) is 10.2 Å². The standard InChI is InChI=1S/C14H22N4O4/c1-14(2,3)13-16-11(15-9-5-6-9)10(18(19)20)12(17-13)22-8-7-21-4/h9H,5-8H2,1-4H3,(H,15,16,17). The lowest BCUT2D eigenvalue weighted by atomic mass is 9.96. The fourth-order valence-electron chi connectivity index (χ4n) is 1.78. The molecule has 0 unspecified atom stereocenters. The van der Waals surface area contributed by atoms with Crippen LogP contribution in [0.1, 0.15) is 39.4 Å². The summed E-state index contributed by atoms with van der Waals surface area (Å²) in [4.78, 5) is 19.5. The molecule has 0 aromatic carbocycles. The number of methoxy groups -OCH3 is 1. The van der Waals surface area contributed by atoms with Crippen molar-refractivity contribution in [1.29, 1.82) is 0 Å². The van der Waals surface area contributed by atoms with Gasteiger partial charge in [-0.05, 0) is 12.8 Å². The first-order chi connectivity index (χ1) is 10.3. The number of hydrogen-bond donors (Lipinski definition) is 1. The van der Waals surface area contributed by atoms with Gasteiger partial charge in [0.1, 0.15) is 12.4 Å². The zero-order valence-electron chi connectivity index (χ0n) is 13.4. The molecule has 22 heavy (non-hydrogen) atoms. The van der Waals surface area contributed by atoms with Gasteiger partial charge in [0.15, 0.2) is 0 Å². The van der Waals surface area contributed by atoms with Crippen LogP contribution in [0.3, 0.4) is 0 Å². The molecule has 0 amide bonds. The van der Waals surface area contributed by atoms with E-state index in [0.717, 1.165) is 12.8 Å². The van der Waals surface area contributed by atoms with Crippen LogP contribution in [0.25, 0.3) is 0 Å². The molecule has 0 bridgehead atoms. The summed E-state index contributed by atoms with van der Waals surface area (Å²) in [6.45, 7) is 6.38. The van der Waals surface area contributed by atoms with E-state index in [0.29, 0.717) is 12.4 Å². The Morgan fingerprint density at radius 3 is 2.50 bits per heavy atom. The lowest BCUT2D eigenvalue weighted by Gasteiger charge is -2.19. The minimum atomic E-state index is -0.501. The Labute approximate surface area is 129 Å². The highest BCUT2D eigenvalue weighted by molar-refractivity contribution is 5.62. The van der Waals surface area contributed by atoms with Crippen molar-refractivity contribution in [3.63, 3.8) is 0 Å². The third-order valence-corrected chi connectivity index (χ3v) is 3.15. The van der Waals surface area contributed by atoms with Crippen molar-refractivity contribution in [1.82, 2.24) is 9.97 Å². The molecule has 1 aliphatic carbocycles. The van der Waals surface area contributed by atoms with E-state index in [1.165, 1.54) is 0 Å². The van der Waals surface area contributed by atoms with E-state index in [9.17, 15) is 10.1 Å². The first-order valence-corrected chi connectivity index (χ1v) is 7.28. The molecule has 8 heteroatoms. The molecule has 1 aliphatic rings. The highest BCUT2D eigenvalue weighted by atomic mass is 16.6. The number of nitrogens with one attached hydrogen (secondary N) is 1. The summed E-state index contributed by atoms with van der Waals surface area (Å²) in [6.07, 6.45) is 1.98. The second-order valence-corrected chi connectivity index (χ2v) is 6.32. The third-order valence-electron chi connectivity index (χ3n) is 3.15. The van der Waals surface area contributed by atoms with Crippen LogP contribution >= 0.6 is 0 Å². The third kappa shape index (κ3) is 4.03. The molecule has 0 atom stereocenters. The largest absolute Gasteiger partial charge is 0.470 e. The molecule has 1 N–H and O–H groups in total. The summed E-state index contributed by atoms with van der Waals surface area (Å²) < 4.78 is 10.4. The van der Waals surface area contributed by atoms with Gasteiger partial charge in [-0.3, -0.25) is 10.1 Å². The van der Waals surface area contributed by atoms with Crippen molar-refractivity contribution < 1.29 is 14.4 Å². The highest BCUT2D eigenvalue weighted by Gasteiger charge is 2.33. The minimum Gasteiger partial charge on any atom is -0.470 e. The Balaban J connectivity index is 2.43. The second kappa shape index (κ2) is 6.43. The number of aromatic nitrogens is 2. The highest BCUT2D eigenvalue weighted by Crippen LogP contribution is 2.37. The summed E-state index contributed by atoms with van der Waals surface area (Å²) in [6, 6.07) is 0.244. The van der Waals surface area contributed by atoms with Crippen molar-refractivity contribution in [2.75, 3.05) is 25.6 Å². The van der Waals surface area contributed by atoms with Gasteiger partial charge in [-0.25, -0.2) is 4.98 Å². The summed E-state index contributed by atoms with van der Waals surface area (Å²) in [7, 11) is 1.54. The Hall–Kier alpha value is -1.96. The average Bonchev–Trinajstić information content (AvgIpc) is 3.21. The number of ether oxygens (including phenoxy) is 2. The van der Waals surface area contributed by atoms with Gasteiger partial charge in [0.25, 0.3) is 5.88 Å². The first-order valence-electron chi connectivity index (χ1n) is 7.28. The molecule has 0 spiro atoms. The van der Waals surface area contributed by atoms with E-state index in [1.807, 2.05) is 20.8 Å². The SMILES string of the molecule is COCCOc1nc(C(C)(C)C)nc(NC2CC2)c1[N+](=O)[O-]. The molecule has 0 radical (unpaired) electrons. The Kier molecular flexibility index (Phi) is 4.80. The van der Waals surface area contributed by atoms with Crippen LogP contribution in [0, 0.1) is 10.1 Å². The number of anilines is 1. The molecule has 1 heterocycles. The van der Waals surface area contributed by atoms with Gasteiger partial charge in [-0.2, -0.15) is 4.98 Å². The van der Waals surface area contributed by atoms with Crippen molar-refractivity contribution in [2.24, 2.45) is 0 Å². The lowest BCUT2D eigenvalue weighted by Crippen LogP contribution is -2.20.